The lowest BCUT2D eigenvalue weighted by atomic mass is 9.91. The summed E-state index contributed by atoms with van der Waals surface area (Å²) < 4.78 is 48.4. The number of nitrogens with zero attached hydrogens (tertiary/aromatic N) is 1. The summed E-state index contributed by atoms with van der Waals surface area (Å²) in [5.74, 6) is 0.311. The molecule has 2 heterocycles. The van der Waals surface area contributed by atoms with Gasteiger partial charge in [-0.2, -0.15) is 4.31 Å². The minimum absolute atomic E-state index is 0.0282. The zero-order valence-electron chi connectivity index (χ0n) is 11.2. The van der Waals surface area contributed by atoms with Crippen molar-refractivity contribution in [1.29, 1.82) is 0 Å². The van der Waals surface area contributed by atoms with Crippen LogP contribution < -0.4 is 5.32 Å². The molecule has 19 heavy (non-hydrogen) atoms. The average molecular weight is 310 g/mol. The van der Waals surface area contributed by atoms with Crippen LogP contribution in [0.3, 0.4) is 0 Å². The first kappa shape index (κ1) is 15.2. The molecule has 2 saturated heterocycles. The zero-order chi connectivity index (χ0) is 14.1. The minimum atomic E-state index is -3.70. The summed E-state index contributed by atoms with van der Waals surface area (Å²) >= 11 is 0. The van der Waals surface area contributed by atoms with Crippen molar-refractivity contribution in [3.63, 3.8) is 0 Å². The first-order chi connectivity index (χ1) is 8.80. The quantitative estimate of drug-likeness (QED) is 0.776. The molecule has 8 heteroatoms. The van der Waals surface area contributed by atoms with Crippen LogP contribution in [0.15, 0.2) is 0 Å². The summed E-state index contributed by atoms with van der Waals surface area (Å²) in [6.45, 7) is 2.27. The van der Waals surface area contributed by atoms with Crippen LogP contribution in [-0.4, -0.2) is 58.2 Å². The SMILES string of the molecule is CS(=O)(=O)CS(=O)(=O)N1CCCC1C1CCCNC1. The van der Waals surface area contributed by atoms with Gasteiger partial charge in [-0.1, -0.05) is 0 Å². The number of sulfone groups is 1. The van der Waals surface area contributed by atoms with E-state index in [1.165, 1.54) is 4.31 Å². The van der Waals surface area contributed by atoms with E-state index in [1.54, 1.807) is 0 Å². The van der Waals surface area contributed by atoms with Crippen LogP contribution in [0.25, 0.3) is 0 Å². The van der Waals surface area contributed by atoms with Gasteiger partial charge in [0.05, 0.1) is 0 Å². The molecule has 0 aliphatic carbocycles. The van der Waals surface area contributed by atoms with Gasteiger partial charge in [0.1, 0.15) is 0 Å². The first-order valence-electron chi connectivity index (χ1n) is 6.67. The van der Waals surface area contributed by atoms with E-state index in [-0.39, 0.29) is 6.04 Å². The van der Waals surface area contributed by atoms with Crippen molar-refractivity contribution in [2.75, 3.05) is 31.0 Å². The van der Waals surface area contributed by atoms with Gasteiger partial charge in [0.25, 0.3) is 0 Å². The average Bonchev–Trinajstić information content (AvgIpc) is 2.76. The van der Waals surface area contributed by atoms with Crippen LogP contribution in [0.5, 0.6) is 0 Å². The van der Waals surface area contributed by atoms with Crippen molar-refractivity contribution < 1.29 is 16.8 Å². The summed E-state index contributed by atoms with van der Waals surface area (Å²) in [5, 5.41) is 2.53. The normalized spacial score (nSPS) is 30.6. The van der Waals surface area contributed by atoms with Crippen molar-refractivity contribution >= 4 is 19.9 Å². The zero-order valence-corrected chi connectivity index (χ0v) is 12.8. The Bertz CT molecular complexity index is 509. The molecule has 0 spiro atoms. The smallest absolute Gasteiger partial charge is 0.228 e. The van der Waals surface area contributed by atoms with Gasteiger partial charge in [-0.15, -0.1) is 0 Å². The van der Waals surface area contributed by atoms with Crippen LogP contribution in [0.2, 0.25) is 0 Å². The molecular weight excluding hydrogens is 288 g/mol. The lowest BCUT2D eigenvalue weighted by Crippen LogP contribution is -2.46. The van der Waals surface area contributed by atoms with E-state index in [0.717, 1.165) is 45.0 Å². The van der Waals surface area contributed by atoms with Gasteiger partial charge in [-0.25, -0.2) is 16.8 Å². The fourth-order valence-corrected chi connectivity index (χ4v) is 6.93. The van der Waals surface area contributed by atoms with E-state index >= 15 is 0 Å². The highest BCUT2D eigenvalue weighted by molar-refractivity contribution is 8.06. The molecular formula is C11H22N2O4S2. The maximum absolute atomic E-state index is 12.2. The fourth-order valence-electron chi connectivity index (χ4n) is 3.13. The summed E-state index contributed by atoms with van der Waals surface area (Å²) in [7, 11) is -7.22. The van der Waals surface area contributed by atoms with Gasteiger partial charge in [-0.05, 0) is 44.7 Å². The predicted molar refractivity (Wildman–Crippen MR) is 74.0 cm³/mol. The third kappa shape index (κ3) is 3.90. The van der Waals surface area contributed by atoms with Crippen molar-refractivity contribution in [1.82, 2.24) is 9.62 Å². The Morgan fingerprint density at radius 2 is 1.89 bits per heavy atom. The van der Waals surface area contributed by atoms with Crippen LogP contribution in [0.1, 0.15) is 25.7 Å². The standard InChI is InChI=1S/C11H22N2O4S2/c1-18(14,15)9-19(16,17)13-7-3-5-11(13)10-4-2-6-12-8-10/h10-12H,2-9H2,1H3. The number of nitrogens with one attached hydrogen (secondary N) is 1. The van der Waals surface area contributed by atoms with E-state index in [4.69, 9.17) is 0 Å². The number of hydrogen-bond acceptors (Lipinski definition) is 5. The highest BCUT2D eigenvalue weighted by Crippen LogP contribution is 2.30. The molecule has 0 saturated carbocycles. The molecule has 0 aromatic carbocycles. The molecule has 0 radical (unpaired) electrons. The third-order valence-electron chi connectivity index (χ3n) is 3.85. The predicted octanol–water partition coefficient (Wildman–Crippen LogP) is -0.218. The Morgan fingerprint density at radius 3 is 2.47 bits per heavy atom. The molecule has 0 amide bonds. The second-order valence-corrected chi connectivity index (χ2v) is 10.0. The fraction of sp³-hybridized carbons (Fsp3) is 1.00. The molecule has 2 rings (SSSR count). The second kappa shape index (κ2) is 5.67. The Hall–Kier alpha value is -0.180. The molecule has 2 unspecified atom stereocenters. The van der Waals surface area contributed by atoms with Crippen LogP contribution >= 0.6 is 0 Å². The summed E-state index contributed by atoms with van der Waals surface area (Å²) in [6.07, 6.45) is 4.71. The Morgan fingerprint density at radius 1 is 1.16 bits per heavy atom. The summed E-state index contributed by atoms with van der Waals surface area (Å²) in [6, 6.07) is -0.0282. The van der Waals surface area contributed by atoms with Crippen LogP contribution in [-0.2, 0) is 19.9 Å². The maximum atomic E-state index is 12.2. The lowest BCUT2D eigenvalue weighted by Gasteiger charge is -2.33. The maximum Gasteiger partial charge on any atom is 0.228 e. The van der Waals surface area contributed by atoms with Crippen LogP contribution in [0, 0.1) is 5.92 Å². The third-order valence-corrected chi connectivity index (χ3v) is 7.92. The van der Waals surface area contributed by atoms with E-state index in [0.29, 0.717) is 12.5 Å². The van der Waals surface area contributed by atoms with Crippen LogP contribution in [0.4, 0.5) is 0 Å². The number of sulfonamides is 1. The number of piperidine rings is 1. The van der Waals surface area contributed by atoms with E-state index in [9.17, 15) is 16.8 Å². The topological polar surface area (TPSA) is 83.5 Å². The second-order valence-electron chi connectivity index (χ2n) is 5.58. The van der Waals surface area contributed by atoms with E-state index in [2.05, 4.69) is 5.32 Å². The first-order valence-corrected chi connectivity index (χ1v) is 10.3. The van der Waals surface area contributed by atoms with Gasteiger partial charge in [0.15, 0.2) is 14.9 Å². The van der Waals surface area contributed by atoms with E-state index < -0.39 is 24.9 Å². The van der Waals surface area contributed by atoms with Gasteiger partial charge < -0.3 is 5.32 Å². The molecule has 6 nitrogen and oxygen atoms in total. The highest BCUT2D eigenvalue weighted by Gasteiger charge is 2.40. The van der Waals surface area contributed by atoms with Crippen molar-refractivity contribution in [3.8, 4) is 0 Å². The largest absolute Gasteiger partial charge is 0.316 e. The molecule has 2 atom stereocenters. The molecule has 0 aromatic heterocycles. The molecule has 2 aliphatic heterocycles. The van der Waals surface area contributed by atoms with Gasteiger partial charge in [0.2, 0.25) is 10.0 Å². The molecule has 1 N–H and O–H groups in total. The molecule has 2 fully saturated rings. The van der Waals surface area contributed by atoms with Crippen molar-refractivity contribution in [2.45, 2.75) is 31.7 Å². The Labute approximate surface area is 115 Å². The summed E-state index contributed by atoms with van der Waals surface area (Å²) in [4.78, 5) is 0. The molecule has 112 valence electrons. The molecule has 0 bridgehead atoms. The Kier molecular flexibility index (Phi) is 4.54. The number of hydrogen-bond donors (Lipinski definition) is 1. The van der Waals surface area contributed by atoms with Gasteiger partial charge in [0, 0.05) is 18.8 Å². The highest BCUT2D eigenvalue weighted by atomic mass is 32.3. The van der Waals surface area contributed by atoms with Crippen molar-refractivity contribution in [3.05, 3.63) is 0 Å². The Balaban J connectivity index is 2.13. The summed E-state index contributed by atoms with van der Waals surface area (Å²) in [5.41, 5.74) is 0. The minimum Gasteiger partial charge on any atom is -0.316 e. The number of rotatable bonds is 4. The van der Waals surface area contributed by atoms with Gasteiger partial charge >= 0.3 is 0 Å². The monoisotopic (exact) mass is 310 g/mol. The molecule has 2 aliphatic rings. The van der Waals surface area contributed by atoms with E-state index in [1.807, 2.05) is 0 Å². The lowest BCUT2D eigenvalue weighted by molar-refractivity contribution is 0.239. The van der Waals surface area contributed by atoms with Crippen molar-refractivity contribution in [2.24, 2.45) is 5.92 Å². The molecule has 0 aromatic rings. The van der Waals surface area contributed by atoms with Gasteiger partial charge in [-0.3, -0.25) is 0 Å².